The molecule has 106 valence electrons. The highest BCUT2D eigenvalue weighted by Gasteiger charge is 2.28. The third-order valence-electron chi connectivity index (χ3n) is 3.79. The number of hydrogen-bond donors (Lipinski definition) is 1. The topological polar surface area (TPSA) is 15.3 Å². The Morgan fingerprint density at radius 3 is 2.65 bits per heavy atom. The Kier molecular flexibility index (Phi) is 4.51. The number of nitrogens with one attached hydrogen (secondary N) is 1. The number of nitrogens with zero attached hydrogens (tertiary/aromatic N) is 1. The van der Waals surface area contributed by atoms with Crippen molar-refractivity contribution in [1.29, 1.82) is 0 Å². The summed E-state index contributed by atoms with van der Waals surface area (Å²) in [7, 11) is 2.00. The van der Waals surface area contributed by atoms with Crippen LogP contribution < -0.4 is 5.32 Å². The van der Waals surface area contributed by atoms with Gasteiger partial charge in [-0.3, -0.25) is 4.90 Å². The van der Waals surface area contributed by atoms with E-state index < -0.39 is 0 Å². The van der Waals surface area contributed by atoms with Crippen molar-refractivity contribution in [1.82, 2.24) is 10.2 Å². The molecular formula is C17H22N2S. The van der Waals surface area contributed by atoms with Crippen LogP contribution in [-0.2, 0) is 19.6 Å². The summed E-state index contributed by atoms with van der Waals surface area (Å²) in [6, 6.07) is 12.0. The third-order valence-corrected chi connectivity index (χ3v) is 4.52. The van der Waals surface area contributed by atoms with Crippen molar-refractivity contribution in [3.63, 3.8) is 0 Å². The smallest absolute Gasteiger partial charge is 0.0248 e. The van der Waals surface area contributed by atoms with Crippen molar-refractivity contribution in [2.24, 2.45) is 0 Å². The lowest BCUT2D eigenvalue weighted by atomic mass is 10.1. The molecule has 0 radical (unpaired) electrons. The van der Waals surface area contributed by atoms with Gasteiger partial charge >= 0.3 is 0 Å². The molecule has 1 aliphatic rings. The fraction of sp³-hybridized carbons (Fsp3) is 0.412. The Hall–Kier alpha value is -1.16. The van der Waals surface area contributed by atoms with Gasteiger partial charge in [0.25, 0.3) is 0 Å². The third kappa shape index (κ3) is 3.69. The maximum absolute atomic E-state index is 3.22. The van der Waals surface area contributed by atoms with E-state index in [-0.39, 0.29) is 0 Å². The standard InChI is InChI=1S/C17H22N2S/c1-18-10-14-3-2-4-15(9-14)11-19(17-5-6-17)12-16-7-8-20-13-16/h2-4,7-9,13,17-18H,5-6,10-12H2,1H3. The molecule has 1 fully saturated rings. The van der Waals surface area contributed by atoms with Crippen molar-refractivity contribution in [2.75, 3.05) is 7.05 Å². The zero-order valence-electron chi connectivity index (χ0n) is 12.0. The molecule has 1 N–H and O–H groups in total. The van der Waals surface area contributed by atoms with Gasteiger partial charge in [-0.1, -0.05) is 24.3 Å². The van der Waals surface area contributed by atoms with E-state index in [1.54, 1.807) is 11.3 Å². The second-order valence-corrected chi connectivity index (χ2v) is 6.40. The van der Waals surface area contributed by atoms with E-state index in [2.05, 4.69) is 51.3 Å². The summed E-state index contributed by atoms with van der Waals surface area (Å²) in [6.07, 6.45) is 2.72. The second-order valence-electron chi connectivity index (χ2n) is 5.62. The molecule has 0 unspecified atom stereocenters. The minimum Gasteiger partial charge on any atom is -0.316 e. The lowest BCUT2D eigenvalue weighted by Crippen LogP contribution is -2.24. The highest BCUT2D eigenvalue weighted by atomic mass is 32.1. The van der Waals surface area contributed by atoms with Crippen LogP contribution in [0.3, 0.4) is 0 Å². The van der Waals surface area contributed by atoms with Crippen molar-refractivity contribution in [3.8, 4) is 0 Å². The lowest BCUT2D eigenvalue weighted by molar-refractivity contribution is 0.246. The summed E-state index contributed by atoms with van der Waals surface area (Å²) in [5, 5.41) is 7.67. The first kappa shape index (κ1) is 13.8. The molecule has 1 aliphatic carbocycles. The van der Waals surface area contributed by atoms with E-state index in [1.807, 2.05) is 7.05 Å². The van der Waals surface area contributed by atoms with Crippen LogP contribution in [0.4, 0.5) is 0 Å². The molecule has 1 saturated carbocycles. The van der Waals surface area contributed by atoms with Gasteiger partial charge in [0.1, 0.15) is 0 Å². The molecule has 3 heteroatoms. The fourth-order valence-electron chi connectivity index (χ4n) is 2.65. The van der Waals surface area contributed by atoms with Crippen LogP contribution in [0.15, 0.2) is 41.1 Å². The van der Waals surface area contributed by atoms with Crippen LogP contribution in [0.2, 0.25) is 0 Å². The van der Waals surface area contributed by atoms with Gasteiger partial charge in [0.05, 0.1) is 0 Å². The van der Waals surface area contributed by atoms with Gasteiger partial charge in [0, 0.05) is 25.7 Å². The van der Waals surface area contributed by atoms with Gasteiger partial charge in [-0.15, -0.1) is 0 Å². The summed E-state index contributed by atoms with van der Waals surface area (Å²) in [4.78, 5) is 2.63. The van der Waals surface area contributed by atoms with Gasteiger partial charge in [-0.2, -0.15) is 11.3 Å². The van der Waals surface area contributed by atoms with Crippen LogP contribution in [0.25, 0.3) is 0 Å². The van der Waals surface area contributed by atoms with E-state index >= 15 is 0 Å². The predicted octanol–water partition coefficient (Wildman–Crippen LogP) is 3.63. The molecular weight excluding hydrogens is 264 g/mol. The van der Waals surface area contributed by atoms with Gasteiger partial charge in [0.2, 0.25) is 0 Å². The highest BCUT2D eigenvalue weighted by Crippen LogP contribution is 2.30. The molecule has 20 heavy (non-hydrogen) atoms. The molecule has 2 aromatic rings. The monoisotopic (exact) mass is 286 g/mol. The Bertz CT molecular complexity index is 532. The summed E-state index contributed by atoms with van der Waals surface area (Å²) in [5.74, 6) is 0. The number of rotatable bonds is 7. The van der Waals surface area contributed by atoms with Gasteiger partial charge in [-0.25, -0.2) is 0 Å². The maximum atomic E-state index is 3.22. The van der Waals surface area contributed by atoms with Crippen molar-refractivity contribution in [2.45, 2.75) is 38.5 Å². The highest BCUT2D eigenvalue weighted by molar-refractivity contribution is 7.07. The molecule has 0 spiro atoms. The van der Waals surface area contributed by atoms with E-state index in [0.717, 1.165) is 25.7 Å². The summed E-state index contributed by atoms with van der Waals surface area (Å²) >= 11 is 1.79. The lowest BCUT2D eigenvalue weighted by Gasteiger charge is -2.22. The molecule has 0 aliphatic heterocycles. The molecule has 0 atom stereocenters. The van der Waals surface area contributed by atoms with E-state index in [9.17, 15) is 0 Å². The Morgan fingerprint density at radius 1 is 1.15 bits per heavy atom. The van der Waals surface area contributed by atoms with Crippen LogP contribution in [0, 0.1) is 0 Å². The minimum absolute atomic E-state index is 0.794. The van der Waals surface area contributed by atoms with Crippen molar-refractivity contribution < 1.29 is 0 Å². The average molecular weight is 286 g/mol. The summed E-state index contributed by atoms with van der Waals surface area (Å²) in [5.41, 5.74) is 4.25. The largest absolute Gasteiger partial charge is 0.316 e. The normalized spacial score (nSPS) is 14.9. The maximum Gasteiger partial charge on any atom is 0.0248 e. The van der Waals surface area contributed by atoms with E-state index in [0.29, 0.717) is 0 Å². The van der Waals surface area contributed by atoms with Crippen LogP contribution in [0.5, 0.6) is 0 Å². The molecule has 0 bridgehead atoms. The molecule has 0 amide bonds. The van der Waals surface area contributed by atoms with Gasteiger partial charge in [-0.05, 0) is 53.4 Å². The number of benzene rings is 1. The van der Waals surface area contributed by atoms with Gasteiger partial charge in [0.15, 0.2) is 0 Å². The first-order chi connectivity index (χ1) is 9.85. The Labute approximate surface area is 125 Å². The summed E-state index contributed by atoms with van der Waals surface area (Å²) < 4.78 is 0. The van der Waals surface area contributed by atoms with Crippen molar-refractivity contribution >= 4 is 11.3 Å². The zero-order chi connectivity index (χ0) is 13.8. The molecule has 3 rings (SSSR count). The first-order valence-electron chi connectivity index (χ1n) is 7.32. The molecule has 2 nitrogen and oxygen atoms in total. The number of thiophene rings is 1. The Morgan fingerprint density at radius 2 is 1.95 bits per heavy atom. The fourth-order valence-corrected chi connectivity index (χ4v) is 3.31. The minimum atomic E-state index is 0.794. The average Bonchev–Trinajstić information content (AvgIpc) is 3.18. The molecule has 1 heterocycles. The second kappa shape index (κ2) is 6.53. The number of hydrogen-bond acceptors (Lipinski definition) is 3. The summed E-state index contributed by atoms with van der Waals surface area (Å²) in [6.45, 7) is 3.10. The predicted molar refractivity (Wildman–Crippen MR) is 85.8 cm³/mol. The molecule has 0 saturated heterocycles. The first-order valence-corrected chi connectivity index (χ1v) is 8.27. The van der Waals surface area contributed by atoms with Crippen molar-refractivity contribution in [3.05, 3.63) is 57.8 Å². The molecule has 1 aromatic carbocycles. The van der Waals surface area contributed by atoms with E-state index in [1.165, 1.54) is 29.5 Å². The van der Waals surface area contributed by atoms with Crippen LogP contribution in [-0.4, -0.2) is 18.0 Å². The van der Waals surface area contributed by atoms with Gasteiger partial charge < -0.3 is 5.32 Å². The van der Waals surface area contributed by atoms with E-state index in [4.69, 9.17) is 0 Å². The Balaban J connectivity index is 1.68. The van der Waals surface area contributed by atoms with Crippen LogP contribution in [0.1, 0.15) is 29.5 Å². The van der Waals surface area contributed by atoms with Crippen LogP contribution >= 0.6 is 11.3 Å². The molecule has 1 aromatic heterocycles. The SMILES string of the molecule is CNCc1cccc(CN(Cc2ccsc2)C2CC2)c1. The quantitative estimate of drug-likeness (QED) is 0.836. The zero-order valence-corrected chi connectivity index (χ0v) is 12.8.